The Morgan fingerprint density at radius 2 is 2.04 bits per heavy atom. The van der Waals surface area contributed by atoms with E-state index in [9.17, 15) is 4.79 Å². The maximum Gasteiger partial charge on any atom is 0.257 e. The van der Waals surface area contributed by atoms with Crippen molar-refractivity contribution in [2.24, 2.45) is 0 Å². The Labute approximate surface area is 142 Å². The number of carbonyl (C=O) groups excluding carboxylic acids is 1. The predicted octanol–water partition coefficient (Wildman–Crippen LogP) is 1.64. The highest BCUT2D eigenvalue weighted by Gasteiger charge is 2.26. The van der Waals surface area contributed by atoms with Crippen LogP contribution < -0.4 is 10.2 Å². The summed E-state index contributed by atoms with van der Waals surface area (Å²) < 4.78 is 0. The van der Waals surface area contributed by atoms with Crippen molar-refractivity contribution in [3.8, 4) is 0 Å². The molecule has 0 radical (unpaired) electrons. The number of aromatic nitrogens is 2. The Kier molecular flexibility index (Phi) is 4.76. The lowest BCUT2D eigenvalue weighted by atomic mass is 10.0. The van der Waals surface area contributed by atoms with E-state index < -0.39 is 0 Å². The van der Waals surface area contributed by atoms with Gasteiger partial charge in [0.1, 0.15) is 0 Å². The molecule has 1 unspecified atom stereocenters. The van der Waals surface area contributed by atoms with Crippen LogP contribution in [-0.2, 0) is 0 Å². The first kappa shape index (κ1) is 16.4. The van der Waals surface area contributed by atoms with Crippen molar-refractivity contribution < 1.29 is 4.79 Å². The van der Waals surface area contributed by atoms with Crippen molar-refractivity contribution in [1.29, 1.82) is 0 Å². The summed E-state index contributed by atoms with van der Waals surface area (Å²) in [5.74, 6) is 0.617. The molecule has 1 saturated heterocycles. The average Bonchev–Trinajstić information content (AvgIpc) is 2.62. The third-order valence-electron chi connectivity index (χ3n) is 4.26. The molecule has 6 heteroatoms. The highest BCUT2D eigenvalue weighted by Crippen LogP contribution is 2.19. The molecule has 1 amide bonds. The summed E-state index contributed by atoms with van der Waals surface area (Å²) in [6.07, 6.45) is 1.64. The van der Waals surface area contributed by atoms with Crippen LogP contribution in [0.15, 0.2) is 36.5 Å². The molecule has 1 aliphatic rings. The summed E-state index contributed by atoms with van der Waals surface area (Å²) in [5.41, 5.74) is 2.49. The van der Waals surface area contributed by atoms with Crippen molar-refractivity contribution in [2.75, 3.05) is 38.6 Å². The zero-order valence-electron chi connectivity index (χ0n) is 14.4. The molecular formula is C18H23N5O. The van der Waals surface area contributed by atoms with Gasteiger partial charge in [-0.1, -0.05) is 30.3 Å². The standard InChI is InChI=1S/C18H23N5O/c1-13-15(11-20-18(21-13)22(2)3)17(24)23-10-9-19-16(12-23)14-7-5-4-6-8-14/h4-8,11,16,19H,9-10,12H2,1-3H3. The summed E-state index contributed by atoms with van der Waals surface area (Å²) in [5, 5.41) is 3.48. The minimum absolute atomic E-state index is 0.000220. The topological polar surface area (TPSA) is 61.4 Å². The van der Waals surface area contributed by atoms with Crippen molar-refractivity contribution in [1.82, 2.24) is 20.2 Å². The van der Waals surface area contributed by atoms with Gasteiger partial charge < -0.3 is 15.1 Å². The second-order valence-electron chi connectivity index (χ2n) is 6.23. The minimum Gasteiger partial charge on any atom is -0.347 e. The molecule has 2 aromatic rings. The normalized spacial score (nSPS) is 17.6. The summed E-state index contributed by atoms with van der Waals surface area (Å²) in [6, 6.07) is 10.4. The van der Waals surface area contributed by atoms with Crippen LogP contribution in [0.2, 0.25) is 0 Å². The molecule has 1 atom stereocenters. The van der Waals surface area contributed by atoms with E-state index in [0.717, 1.165) is 6.54 Å². The van der Waals surface area contributed by atoms with Crippen LogP contribution in [0.25, 0.3) is 0 Å². The van der Waals surface area contributed by atoms with Gasteiger partial charge in [-0.25, -0.2) is 9.97 Å². The maximum absolute atomic E-state index is 12.9. The molecule has 1 fully saturated rings. The third kappa shape index (κ3) is 3.38. The van der Waals surface area contributed by atoms with Crippen molar-refractivity contribution in [3.63, 3.8) is 0 Å². The fraction of sp³-hybridized carbons (Fsp3) is 0.389. The Bertz CT molecular complexity index is 717. The first-order valence-electron chi connectivity index (χ1n) is 8.15. The SMILES string of the molecule is Cc1nc(N(C)C)ncc1C(=O)N1CCNC(c2ccccc2)C1. The van der Waals surface area contributed by atoms with Crippen molar-refractivity contribution in [2.45, 2.75) is 13.0 Å². The van der Waals surface area contributed by atoms with E-state index in [1.54, 1.807) is 6.20 Å². The average molecular weight is 325 g/mol. The number of aryl methyl sites for hydroxylation is 1. The zero-order chi connectivity index (χ0) is 17.1. The first-order chi connectivity index (χ1) is 11.6. The third-order valence-corrected chi connectivity index (χ3v) is 4.26. The number of hydrogen-bond donors (Lipinski definition) is 1. The van der Waals surface area contributed by atoms with Crippen molar-refractivity contribution >= 4 is 11.9 Å². The van der Waals surface area contributed by atoms with Crippen LogP contribution in [0, 0.1) is 6.92 Å². The lowest BCUT2D eigenvalue weighted by Crippen LogP contribution is -2.48. The van der Waals surface area contributed by atoms with Gasteiger partial charge in [-0.2, -0.15) is 0 Å². The summed E-state index contributed by atoms with van der Waals surface area (Å²) in [6.45, 7) is 3.98. The number of rotatable bonds is 3. The van der Waals surface area contributed by atoms with Crippen LogP contribution in [0.3, 0.4) is 0 Å². The molecule has 2 heterocycles. The molecule has 0 bridgehead atoms. The van der Waals surface area contributed by atoms with Gasteiger partial charge in [0.25, 0.3) is 5.91 Å². The van der Waals surface area contributed by atoms with Crippen LogP contribution in [0.1, 0.15) is 27.7 Å². The van der Waals surface area contributed by atoms with Crippen LogP contribution in [0.4, 0.5) is 5.95 Å². The second-order valence-corrected chi connectivity index (χ2v) is 6.23. The minimum atomic E-state index is 0.000220. The molecule has 0 spiro atoms. The molecular weight excluding hydrogens is 302 g/mol. The molecule has 1 aromatic carbocycles. The fourth-order valence-corrected chi connectivity index (χ4v) is 2.89. The quantitative estimate of drug-likeness (QED) is 0.929. The Hall–Kier alpha value is -2.47. The monoisotopic (exact) mass is 325 g/mol. The summed E-state index contributed by atoms with van der Waals surface area (Å²) in [7, 11) is 3.77. The second kappa shape index (κ2) is 6.97. The van der Waals surface area contributed by atoms with Crippen molar-refractivity contribution in [3.05, 3.63) is 53.3 Å². The van der Waals surface area contributed by atoms with Gasteiger partial charge in [0.2, 0.25) is 5.95 Å². The number of carbonyl (C=O) groups is 1. The molecule has 1 aliphatic heterocycles. The molecule has 0 saturated carbocycles. The molecule has 126 valence electrons. The number of benzene rings is 1. The maximum atomic E-state index is 12.9. The van der Waals surface area contributed by atoms with E-state index in [0.29, 0.717) is 30.3 Å². The van der Waals surface area contributed by atoms with E-state index in [1.807, 2.05) is 49.0 Å². The zero-order valence-corrected chi connectivity index (χ0v) is 14.4. The summed E-state index contributed by atoms with van der Waals surface area (Å²) >= 11 is 0. The predicted molar refractivity (Wildman–Crippen MR) is 94.2 cm³/mol. The smallest absolute Gasteiger partial charge is 0.257 e. The number of piperazine rings is 1. The van der Waals surface area contributed by atoms with E-state index in [4.69, 9.17) is 0 Å². The van der Waals surface area contributed by atoms with Gasteiger partial charge in [-0.15, -0.1) is 0 Å². The summed E-state index contributed by atoms with van der Waals surface area (Å²) in [4.78, 5) is 25.3. The highest BCUT2D eigenvalue weighted by atomic mass is 16.2. The van der Waals surface area contributed by atoms with Gasteiger partial charge in [0.05, 0.1) is 11.3 Å². The van der Waals surface area contributed by atoms with E-state index in [2.05, 4.69) is 27.4 Å². The molecule has 6 nitrogen and oxygen atoms in total. The fourth-order valence-electron chi connectivity index (χ4n) is 2.89. The lowest BCUT2D eigenvalue weighted by Gasteiger charge is -2.34. The molecule has 0 aliphatic carbocycles. The van der Waals surface area contributed by atoms with E-state index in [1.165, 1.54) is 5.56 Å². The van der Waals surface area contributed by atoms with Gasteiger partial charge in [-0.3, -0.25) is 4.79 Å². The first-order valence-corrected chi connectivity index (χ1v) is 8.15. The van der Waals surface area contributed by atoms with Crippen LogP contribution in [0.5, 0.6) is 0 Å². The Balaban J connectivity index is 1.77. The highest BCUT2D eigenvalue weighted by molar-refractivity contribution is 5.95. The lowest BCUT2D eigenvalue weighted by molar-refractivity contribution is 0.0701. The van der Waals surface area contributed by atoms with E-state index in [-0.39, 0.29) is 11.9 Å². The van der Waals surface area contributed by atoms with Gasteiger partial charge in [0.15, 0.2) is 0 Å². The van der Waals surface area contributed by atoms with Crippen LogP contribution in [-0.4, -0.2) is 54.5 Å². The number of hydrogen-bond acceptors (Lipinski definition) is 5. The van der Waals surface area contributed by atoms with Gasteiger partial charge in [0, 0.05) is 46.0 Å². The molecule has 1 aromatic heterocycles. The molecule has 24 heavy (non-hydrogen) atoms. The van der Waals surface area contributed by atoms with Gasteiger partial charge in [-0.05, 0) is 12.5 Å². The van der Waals surface area contributed by atoms with Crippen LogP contribution >= 0.6 is 0 Å². The number of nitrogens with zero attached hydrogens (tertiary/aromatic N) is 4. The van der Waals surface area contributed by atoms with Gasteiger partial charge >= 0.3 is 0 Å². The molecule has 1 N–H and O–H groups in total. The largest absolute Gasteiger partial charge is 0.347 e. The Morgan fingerprint density at radius 1 is 1.29 bits per heavy atom. The number of nitrogens with one attached hydrogen (secondary N) is 1. The van der Waals surface area contributed by atoms with E-state index >= 15 is 0 Å². The molecule has 3 rings (SSSR count). The Morgan fingerprint density at radius 3 is 2.71 bits per heavy atom. The number of anilines is 1. The number of amides is 1.